The van der Waals surface area contributed by atoms with Gasteiger partial charge in [0.2, 0.25) is 0 Å². The second-order valence-corrected chi connectivity index (χ2v) is 4.88. The smallest absolute Gasteiger partial charge is 0.124 e. The van der Waals surface area contributed by atoms with Crippen LogP contribution in [0.5, 0.6) is 5.75 Å². The molecule has 0 saturated carbocycles. The summed E-state index contributed by atoms with van der Waals surface area (Å²) < 4.78 is 7.43. The summed E-state index contributed by atoms with van der Waals surface area (Å²) in [5.41, 5.74) is 2.90. The third-order valence-electron chi connectivity index (χ3n) is 3.17. The summed E-state index contributed by atoms with van der Waals surface area (Å²) in [6.07, 6.45) is 5.01. The van der Waals surface area contributed by atoms with Gasteiger partial charge in [0, 0.05) is 36.1 Å². The molecule has 0 amide bonds. The molecule has 114 valence electrons. The predicted molar refractivity (Wildman–Crippen MR) is 83.4 cm³/mol. The molecule has 1 aromatic carbocycles. The summed E-state index contributed by atoms with van der Waals surface area (Å²) in [5.74, 6) is 0.737. The first-order chi connectivity index (χ1) is 10.3. The number of benzene rings is 1. The topological polar surface area (TPSA) is 59.3 Å². The second-order valence-electron chi connectivity index (χ2n) is 4.88. The van der Waals surface area contributed by atoms with Gasteiger partial charge in [0.15, 0.2) is 0 Å². The molecular weight excluding hydrogens is 266 g/mol. The van der Waals surface area contributed by atoms with Crippen molar-refractivity contribution in [2.45, 2.75) is 40.0 Å². The highest BCUT2D eigenvalue weighted by Gasteiger charge is 2.04. The van der Waals surface area contributed by atoms with Gasteiger partial charge in [0.25, 0.3) is 0 Å². The Bertz CT molecular complexity index is 566. The fraction of sp³-hybridized carbons (Fsp3) is 0.438. The summed E-state index contributed by atoms with van der Waals surface area (Å²) in [4.78, 5) is 0. The third kappa shape index (κ3) is 4.23. The monoisotopic (exact) mass is 289 g/mol. The number of hydrogen-bond acceptors (Lipinski definition) is 4. The standard InChI is InChI=1S/C16H23N3O2/c1-3-7-19-11-13(10-18-19)9-17-15-5-6-16(21-4-2)14(8-15)12-20/h5-6,8,10-11,17,20H,3-4,7,9,12H2,1-2H3. The number of anilines is 1. The average molecular weight is 289 g/mol. The van der Waals surface area contributed by atoms with Crippen molar-refractivity contribution in [2.24, 2.45) is 0 Å². The van der Waals surface area contributed by atoms with Crippen LogP contribution in [-0.2, 0) is 19.7 Å². The highest BCUT2D eigenvalue weighted by molar-refractivity contribution is 5.51. The molecule has 2 aromatic rings. The number of rotatable bonds is 8. The van der Waals surface area contributed by atoms with Gasteiger partial charge in [-0.1, -0.05) is 6.92 Å². The van der Waals surface area contributed by atoms with E-state index >= 15 is 0 Å². The molecule has 0 bridgehead atoms. The van der Waals surface area contributed by atoms with Crippen molar-refractivity contribution < 1.29 is 9.84 Å². The molecule has 0 spiro atoms. The zero-order chi connectivity index (χ0) is 15.1. The largest absolute Gasteiger partial charge is 0.494 e. The van der Waals surface area contributed by atoms with Crippen LogP contribution >= 0.6 is 0 Å². The van der Waals surface area contributed by atoms with E-state index in [0.29, 0.717) is 13.2 Å². The van der Waals surface area contributed by atoms with Crippen LogP contribution in [0.2, 0.25) is 0 Å². The maximum Gasteiger partial charge on any atom is 0.124 e. The van der Waals surface area contributed by atoms with Gasteiger partial charge in [-0.25, -0.2) is 0 Å². The van der Waals surface area contributed by atoms with E-state index < -0.39 is 0 Å². The molecule has 0 aliphatic rings. The molecule has 0 aliphatic carbocycles. The molecule has 1 aromatic heterocycles. The SMILES string of the molecule is CCCn1cc(CNc2ccc(OCC)c(CO)c2)cn1. The summed E-state index contributed by atoms with van der Waals surface area (Å²) in [7, 11) is 0. The molecule has 0 saturated heterocycles. The van der Waals surface area contributed by atoms with Crippen LogP contribution in [0, 0.1) is 0 Å². The van der Waals surface area contributed by atoms with Crippen LogP contribution in [-0.4, -0.2) is 21.5 Å². The van der Waals surface area contributed by atoms with Crippen molar-refractivity contribution >= 4 is 5.69 Å². The Morgan fingerprint density at radius 2 is 2.19 bits per heavy atom. The Morgan fingerprint density at radius 3 is 2.90 bits per heavy atom. The number of hydrogen-bond donors (Lipinski definition) is 2. The maximum atomic E-state index is 9.40. The van der Waals surface area contributed by atoms with Crippen LogP contribution in [0.15, 0.2) is 30.6 Å². The van der Waals surface area contributed by atoms with Crippen molar-refractivity contribution in [3.63, 3.8) is 0 Å². The van der Waals surface area contributed by atoms with E-state index in [1.165, 1.54) is 0 Å². The minimum absolute atomic E-state index is 0.0285. The molecule has 0 unspecified atom stereocenters. The fourth-order valence-corrected chi connectivity index (χ4v) is 2.16. The Kier molecular flexibility index (Phi) is 5.63. The quantitative estimate of drug-likeness (QED) is 0.784. The van der Waals surface area contributed by atoms with Crippen LogP contribution < -0.4 is 10.1 Å². The number of ether oxygens (including phenoxy) is 1. The minimum Gasteiger partial charge on any atom is -0.494 e. The second kappa shape index (κ2) is 7.69. The molecule has 0 fully saturated rings. The highest BCUT2D eigenvalue weighted by atomic mass is 16.5. The van der Waals surface area contributed by atoms with E-state index in [9.17, 15) is 5.11 Å². The molecule has 2 rings (SSSR count). The van der Waals surface area contributed by atoms with Crippen molar-refractivity contribution in [1.29, 1.82) is 0 Å². The number of aliphatic hydroxyl groups is 1. The van der Waals surface area contributed by atoms with Gasteiger partial charge in [-0.3, -0.25) is 4.68 Å². The Balaban J connectivity index is 1.98. The lowest BCUT2D eigenvalue weighted by Gasteiger charge is -2.11. The van der Waals surface area contributed by atoms with Crippen LogP contribution in [0.4, 0.5) is 5.69 Å². The lowest BCUT2D eigenvalue weighted by atomic mass is 10.2. The molecule has 1 heterocycles. The Morgan fingerprint density at radius 1 is 1.33 bits per heavy atom. The summed E-state index contributed by atoms with van der Waals surface area (Å²) in [6, 6.07) is 5.76. The molecule has 0 radical (unpaired) electrons. The van der Waals surface area contributed by atoms with E-state index in [1.54, 1.807) is 0 Å². The Hall–Kier alpha value is -2.01. The first kappa shape index (κ1) is 15.4. The fourth-order valence-electron chi connectivity index (χ4n) is 2.16. The molecule has 0 aliphatic heterocycles. The number of nitrogens with one attached hydrogen (secondary N) is 1. The number of aryl methyl sites for hydroxylation is 1. The molecule has 0 atom stereocenters. The van der Waals surface area contributed by atoms with E-state index in [2.05, 4.69) is 23.5 Å². The highest BCUT2D eigenvalue weighted by Crippen LogP contribution is 2.23. The number of aromatic nitrogens is 2. The van der Waals surface area contributed by atoms with Crippen molar-refractivity contribution in [1.82, 2.24) is 9.78 Å². The van der Waals surface area contributed by atoms with Crippen molar-refractivity contribution in [2.75, 3.05) is 11.9 Å². The van der Waals surface area contributed by atoms with E-state index in [4.69, 9.17) is 4.74 Å². The zero-order valence-corrected chi connectivity index (χ0v) is 12.7. The number of nitrogens with zero attached hydrogens (tertiary/aromatic N) is 2. The normalized spacial score (nSPS) is 10.6. The van der Waals surface area contributed by atoms with Gasteiger partial charge in [-0.2, -0.15) is 5.10 Å². The van der Waals surface area contributed by atoms with Crippen molar-refractivity contribution in [3.05, 3.63) is 41.7 Å². The third-order valence-corrected chi connectivity index (χ3v) is 3.17. The maximum absolute atomic E-state index is 9.40. The van der Waals surface area contributed by atoms with Crippen LogP contribution in [0.25, 0.3) is 0 Å². The van der Waals surface area contributed by atoms with E-state index in [1.807, 2.05) is 36.0 Å². The van der Waals surface area contributed by atoms with Crippen LogP contribution in [0.1, 0.15) is 31.4 Å². The predicted octanol–water partition coefficient (Wildman–Crippen LogP) is 2.80. The lowest BCUT2D eigenvalue weighted by molar-refractivity contribution is 0.267. The van der Waals surface area contributed by atoms with Crippen molar-refractivity contribution in [3.8, 4) is 5.75 Å². The van der Waals surface area contributed by atoms with Gasteiger partial charge < -0.3 is 15.2 Å². The molecule has 5 heteroatoms. The van der Waals surface area contributed by atoms with Gasteiger partial charge in [0.1, 0.15) is 5.75 Å². The van der Waals surface area contributed by atoms with E-state index in [0.717, 1.165) is 35.5 Å². The molecule has 2 N–H and O–H groups in total. The minimum atomic E-state index is -0.0285. The van der Waals surface area contributed by atoms with Gasteiger partial charge >= 0.3 is 0 Å². The molecule has 21 heavy (non-hydrogen) atoms. The van der Waals surface area contributed by atoms with Crippen LogP contribution in [0.3, 0.4) is 0 Å². The number of aliphatic hydroxyl groups excluding tert-OH is 1. The van der Waals surface area contributed by atoms with Gasteiger partial charge in [-0.15, -0.1) is 0 Å². The average Bonchev–Trinajstić information content (AvgIpc) is 2.94. The summed E-state index contributed by atoms with van der Waals surface area (Å²) in [6.45, 7) is 6.28. The lowest BCUT2D eigenvalue weighted by Crippen LogP contribution is -2.02. The first-order valence-electron chi connectivity index (χ1n) is 7.38. The summed E-state index contributed by atoms with van der Waals surface area (Å²) >= 11 is 0. The Labute approximate surface area is 125 Å². The zero-order valence-electron chi connectivity index (χ0n) is 12.7. The van der Waals surface area contributed by atoms with E-state index in [-0.39, 0.29) is 6.61 Å². The van der Waals surface area contributed by atoms with Gasteiger partial charge in [0.05, 0.1) is 19.4 Å². The summed E-state index contributed by atoms with van der Waals surface area (Å²) in [5, 5.41) is 17.0. The molecule has 5 nitrogen and oxygen atoms in total. The first-order valence-corrected chi connectivity index (χ1v) is 7.38. The molecular formula is C16H23N3O2. The van der Waals surface area contributed by atoms with Gasteiger partial charge in [-0.05, 0) is 31.5 Å².